The van der Waals surface area contributed by atoms with Crippen LogP contribution in [-0.2, 0) is 9.53 Å². The van der Waals surface area contributed by atoms with Crippen LogP contribution in [0.1, 0.15) is 64.0 Å². The molecule has 1 aromatic heterocycles. The van der Waals surface area contributed by atoms with Gasteiger partial charge in [-0.25, -0.2) is 9.48 Å². The van der Waals surface area contributed by atoms with Crippen LogP contribution in [0.5, 0.6) is 0 Å². The van der Waals surface area contributed by atoms with Crippen LogP contribution in [0.4, 0.5) is 5.95 Å². The molecule has 7 heteroatoms. The second kappa shape index (κ2) is 9.73. The highest BCUT2D eigenvalue weighted by molar-refractivity contribution is 6.31. The summed E-state index contributed by atoms with van der Waals surface area (Å²) >= 11 is 6.44. The fraction of sp³-hybridized carbons (Fsp3) is 0.476. The minimum Gasteiger partial charge on any atom is -0.462 e. The Kier molecular flexibility index (Phi) is 7.09. The van der Waals surface area contributed by atoms with E-state index in [9.17, 15) is 4.79 Å². The molecule has 1 aliphatic rings. The molecule has 0 saturated heterocycles. The molecule has 0 aliphatic carbocycles. The third kappa shape index (κ3) is 4.55. The first kappa shape index (κ1) is 20.4. The number of anilines is 1. The van der Waals surface area contributed by atoms with Crippen LogP contribution in [0.2, 0.25) is 5.02 Å². The number of carbonyl (C=O) groups excluding carboxylic acids is 1. The van der Waals surface area contributed by atoms with Gasteiger partial charge in [-0.3, -0.25) is 0 Å². The molecule has 2 aromatic rings. The molecule has 0 unspecified atom stereocenters. The number of unbranched alkanes of at least 4 members (excludes halogenated alkanes) is 5. The zero-order chi connectivity index (χ0) is 19.9. The summed E-state index contributed by atoms with van der Waals surface area (Å²) in [6, 6.07) is 7.00. The Labute approximate surface area is 170 Å². The molecule has 0 bridgehead atoms. The average molecular weight is 403 g/mol. The molecule has 1 aromatic carbocycles. The standard InChI is InChI=1S/C21H27ClN4O2/c1-3-4-5-6-7-10-13-28-20(27)18-15(2)25-21-23-14-24-26(21)19(18)16-11-8-9-12-17(16)22/h8-9,11-12,14,19H,3-7,10,13H2,1-2H3,(H,23,24,25)/t19-/m0/s1. The summed E-state index contributed by atoms with van der Waals surface area (Å²) in [5, 5.41) is 8.02. The van der Waals surface area contributed by atoms with Crippen molar-refractivity contribution in [3.63, 3.8) is 0 Å². The number of aromatic nitrogens is 3. The molecule has 0 fully saturated rings. The fourth-order valence-electron chi connectivity index (χ4n) is 3.46. The summed E-state index contributed by atoms with van der Waals surface area (Å²) in [5.74, 6) is 0.236. The van der Waals surface area contributed by atoms with Crippen molar-refractivity contribution in [1.82, 2.24) is 14.8 Å². The van der Waals surface area contributed by atoms with E-state index in [0.29, 0.717) is 28.8 Å². The van der Waals surface area contributed by atoms with Crippen molar-refractivity contribution in [3.8, 4) is 0 Å². The Morgan fingerprint density at radius 1 is 1.21 bits per heavy atom. The molecular formula is C21H27ClN4O2. The van der Waals surface area contributed by atoms with Crippen LogP contribution in [0, 0.1) is 0 Å². The van der Waals surface area contributed by atoms with Crippen molar-refractivity contribution in [3.05, 3.63) is 52.4 Å². The first-order chi connectivity index (χ1) is 13.6. The van der Waals surface area contributed by atoms with Crippen LogP contribution < -0.4 is 5.32 Å². The molecule has 2 heterocycles. The second-order valence-electron chi connectivity index (χ2n) is 7.02. The molecule has 0 spiro atoms. The lowest BCUT2D eigenvalue weighted by Gasteiger charge is -2.28. The highest BCUT2D eigenvalue weighted by Crippen LogP contribution is 2.37. The summed E-state index contributed by atoms with van der Waals surface area (Å²) in [4.78, 5) is 17.2. The van der Waals surface area contributed by atoms with E-state index in [1.807, 2.05) is 31.2 Å². The van der Waals surface area contributed by atoms with E-state index in [4.69, 9.17) is 16.3 Å². The number of nitrogens with one attached hydrogen (secondary N) is 1. The van der Waals surface area contributed by atoms with Gasteiger partial charge < -0.3 is 10.1 Å². The molecule has 1 N–H and O–H groups in total. The van der Waals surface area contributed by atoms with E-state index >= 15 is 0 Å². The van der Waals surface area contributed by atoms with E-state index in [1.54, 1.807) is 4.68 Å². The number of hydrogen-bond donors (Lipinski definition) is 1. The van der Waals surface area contributed by atoms with Crippen molar-refractivity contribution in [1.29, 1.82) is 0 Å². The Bertz CT molecular complexity index is 846. The summed E-state index contributed by atoms with van der Waals surface area (Å²) in [7, 11) is 0. The Hall–Kier alpha value is -2.34. The first-order valence-corrected chi connectivity index (χ1v) is 10.3. The van der Waals surface area contributed by atoms with Crippen LogP contribution in [0.25, 0.3) is 0 Å². The number of benzene rings is 1. The zero-order valence-corrected chi connectivity index (χ0v) is 17.2. The maximum atomic E-state index is 12.9. The van der Waals surface area contributed by atoms with Gasteiger partial charge in [0.15, 0.2) is 0 Å². The van der Waals surface area contributed by atoms with Gasteiger partial charge in [0, 0.05) is 16.3 Å². The van der Waals surface area contributed by atoms with Crippen molar-refractivity contribution in [2.45, 2.75) is 58.4 Å². The number of fused-ring (bicyclic) bond motifs is 1. The van der Waals surface area contributed by atoms with E-state index in [1.165, 1.54) is 32.0 Å². The maximum absolute atomic E-state index is 12.9. The van der Waals surface area contributed by atoms with Crippen molar-refractivity contribution in [2.75, 3.05) is 11.9 Å². The lowest BCUT2D eigenvalue weighted by molar-refractivity contribution is -0.139. The van der Waals surface area contributed by atoms with Gasteiger partial charge in [0.2, 0.25) is 5.95 Å². The smallest absolute Gasteiger partial charge is 0.338 e. The predicted octanol–water partition coefficient (Wildman–Crippen LogP) is 5.12. The number of nitrogens with zero attached hydrogens (tertiary/aromatic N) is 3. The van der Waals surface area contributed by atoms with Crippen LogP contribution in [0.3, 0.4) is 0 Å². The number of rotatable bonds is 9. The number of allylic oxidation sites excluding steroid dienone is 1. The number of esters is 1. The Morgan fingerprint density at radius 3 is 2.75 bits per heavy atom. The molecule has 0 radical (unpaired) electrons. The van der Waals surface area contributed by atoms with Crippen LogP contribution in [-0.4, -0.2) is 27.3 Å². The average Bonchev–Trinajstić information content (AvgIpc) is 3.14. The number of hydrogen-bond acceptors (Lipinski definition) is 5. The van der Waals surface area contributed by atoms with E-state index in [-0.39, 0.29) is 5.97 Å². The molecule has 1 aliphatic heterocycles. The van der Waals surface area contributed by atoms with Crippen molar-refractivity contribution >= 4 is 23.5 Å². The third-order valence-electron chi connectivity index (χ3n) is 4.95. The maximum Gasteiger partial charge on any atom is 0.338 e. The van der Waals surface area contributed by atoms with Gasteiger partial charge in [-0.2, -0.15) is 10.1 Å². The first-order valence-electron chi connectivity index (χ1n) is 9.92. The van der Waals surface area contributed by atoms with Gasteiger partial charge in [-0.1, -0.05) is 68.8 Å². The van der Waals surface area contributed by atoms with E-state index in [0.717, 1.165) is 18.4 Å². The number of halogens is 1. The van der Waals surface area contributed by atoms with E-state index in [2.05, 4.69) is 22.3 Å². The van der Waals surface area contributed by atoms with E-state index < -0.39 is 6.04 Å². The van der Waals surface area contributed by atoms with Crippen molar-refractivity contribution in [2.24, 2.45) is 0 Å². The molecule has 0 amide bonds. The minimum absolute atomic E-state index is 0.343. The quantitative estimate of drug-likeness (QED) is 0.465. The Balaban J connectivity index is 1.74. The molecule has 3 rings (SSSR count). The monoisotopic (exact) mass is 402 g/mol. The molecule has 6 nitrogen and oxygen atoms in total. The Morgan fingerprint density at radius 2 is 1.96 bits per heavy atom. The molecule has 1 atom stereocenters. The van der Waals surface area contributed by atoms with Gasteiger partial charge in [-0.15, -0.1) is 0 Å². The second-order valence-corrected chi connectivity index (χ2v) is 7.43. The highest BCUT2D eigenvalue weighted by Gasteiger charge is 2.35. The third-order valence-corrected chi connectivity index (χ3v) is 5.29. The normalized spacial score (nSPS) is 15.9. The van der Waals surface area contributed by atoms with Gasteiger partial charge >= 0.3 is 5.97 Å². The lowest BCUT2D eigenvalue weighted by Crippen LogP contribution is -2.30. The summed E-state index contributed by atoms with van der Waals surface area (Å²) in [6.07, 6.45) is 8.32. The minimum atomic E-state index is -0.468. The summed E-state index contributed by atoms with van der Waals surface area (Å²) in [6.45, 7) is 4.47. The highest BCUT2D eigenvalue weighted by atomic mass is 35.5. The van der Waals surface area contributed by atoms with Crippen molar-refractivity contribution < 1.29 is 9.53 Å². The summed E-state index contributed by atoms with van der Waals surface area (Å²) in [5.41, 5.74) is 2.01. The SMILES string of the molecule is CCCCCCCCOC(=O)C1=C(C)Nc2ncnn2[C@H]1c1ccccc1Cl. The molecule has 28 heavy (non-hydrogen) atoms. The predicted molar refractivity (Wildman–Crippen MR) is 110 cm³/mol. The summed E-state index contributed by atoms with van der Waals surface area (Å²) < 4.78 is 7.28. The van der Waals surface area contributed by atoms with Gasteiger partial charge in [0.25, 0.3) is 0 Å². The van der Waals surface area contributed by atoms with Crippen LogP contribution in [0.15, 0.2) is 41.9 Å². The lowest BCUT2D eigenvalue weighted by atomic mass is 9.96. The number of ether oxygens (including phenoxy) is 1. The topological polar surface area (TPSA) is 69.0 Å². The van der Waals surface area contributed by atoms with Gasteiger partial charge in [0.05, 0.1) is 12.2 Å². The molecular weight excluding hydrogens is 376 g/mol. The zero-order valence-electron chi connectivity index (χ0n) is 16.4. The number of carbonyl (C=O) groups is 1. The fourth-order valence-corrected chi connectivity index (χ4v) is 3.70. The largest absolute Gasteiger partial charge is 0.462 e. The molecule has 150 valence electrons. The van der Waals surface area contributed by atoms with Gasteiger partial charge in [0.1, 0.15) is 12.4 Å². The van der Waals surface area contributed by atoms with Gasteiger partial charge in [-0.05, 0) is 19.4 Å². The molecule has 0 saturated carbocycles. The van der Waals surface area contributed by atoms with Crippen LogP contribution >= 0.6 is 11.6 Å².